The van der Waals surface area contributed by atoms with Gasteiger partial charge in [0.2, 0.25) is 0 Å². The van der Waals surface area contributed by atoms with Crippen molar-refractivity contribution in [3.63, 3.8) is 0 Å². The fourth-order valence-corrected chi connectivity index (χ4v) is 3.53. The third-order valence-electron chi connectivity index (χ3n) is 5.28. The second kappa shape index (κ2) is 10.1. The third-order valence-corrected chi connectivity index (χ3v) is 5.28. The van der Waals surface area contributed by atoms with Gasteiger partial charge in [-0.3, -0.25) is 0 Å². The first kappa shape index (κ1) is 20.2. The Hall–Kier alpha value is -2.53. The lowest BCUT2D eigenvalue weighted by Gasteiger charge is -2.28. The van der Waals surface area contributed by atoms with Crippen molar-refractivity contribution in [2.24, 2.45) is 0 Å². The minimum Gasteiger partial charge on any atom is -0.372 e. The molecule has 0 aliphatic carbocycles. The maximum atomic E-state index is 12.2. The Kier molecular flexibility index (Phi) is 7.31. The molecule has 28 heavy (non-hydrogen) atoms. The molecule has 1 aliphatic heterocycles. The van der Waals surface area contributed by atoms with Gasteiger partial charge in [-0.1, -0.05) is 31.2 Å². The van der Waals surface area contributed by atoms with Crippen molar-refractivity contribution in [3.05, 3.63) is 59.7 Å². The van der Waals surface area contributed by atoms with E-state index in [2.05, 4.69) is 58.7 Å². The fourth-order valence-electron chi connectivity index (χ4n) is 3.53. The number of piperidine rings is 1. The van der Waals surface area contributed by atoms with Crippen LogP contribution in [-0.2, 0) is 13.1 Å². The van der Waals surface area contributed by atoms with Crippen LogP contribution in [0.25, 0.3) is 0 Å². The molecule has 2 N–H and O–H groups in total. The van der Waals surface area contributed by atoms with Gasteiger partial charge in [-0.15, -0.1) is 0 Å². The lowest BCUT2D eigenvalue weighted by atomic mass is 10.1. The van der Waals surface area contributed by atoms with Crippen LogP contribution >= 0.6 is 0 Å². The Labute approximate surface area is 168 Å². The van der Waals surface area contributed by atoms with Crippen LogP contribution < -0.4 is 15.5 Å². The molecule has 3 rings (SSSR count). The molecule has 2 amide bonds. The van der Waals surface area contributed by atoms with Crippen molar-refractivity contribution in [2.45, 2.75) is 39.3 Å². The molecule has 0 spiro atoms. The van der Waals surface area contributed by atoms with E-state index >= 15 is 0 Å². The van der Waals surface area contributed by atoms with Crippen LogP contribution in [0.15, 0.2) is 48.5 Å². The van der Waals surface area contributed by atoms with E-state index < -0.39 is 0 Å². The highest BCUT2D eigenvalue weighted by Crippen LogP contribution is 2.21. The predicted molar refractivity (Wildman–Crippen MR) is 117 cm³/mol. The maximum absolute atomic E-state index is 12.2. The van der Waals surface area contributed by atoms with Crippen molar-refractivity contribution in [1.29, 1.82) is 0 Å². The second-order valence-electron chi connectivity index (χ2n) is 7.55. The molecule has 2 aromatic rings. The zero-order valence-electron chi connectivity index (χ0n) is 17.1. The molecule has 5 heteroatoms. The first-order chi connectivity index (χ1) is 13.6. The summed E-state index contributed by atoms with van der Waals surface area (Å²) < 4.78 is 0. The molecule has 1 saturated heterocycles. The van der Waals surface area contributed by atoms with Gasteiger partial charge >= 0.3 is 6.03 Å². The maximum Gasteiger partial charge on any atom is 0.319 e. The molecule has 0 saturated carbocycles. The molecule has 0 bridgehead atoms. The number of hydrogen-bond donors (Lipinski definition) is 2. The lowest BCUT2D eigenvalue weighted by molar-refractivity contribution is 0.251. The van der Waals surface area contributed by atoms with Crippen molar-refractivity contribution >= 4 is 17.4 Å². The summed E-state index contributed by atoms with van der Waals surface area (Å²) >= 11 is 0. The van der Waals surface area contributed by atoms with Crippen molar-refractivity contribution in [2.75, 3.05) is 36.9 Å². The van der Waals surface area contributed by atoms with E-state index in [-0.39, 0.29) is 6.03 Å². The number of rotatable bonds is 7. The van der Waals surface area contributed by atoms with E-state index in [4.69, 9.17) is 0 Å². The van der Waals surface area contributed by atoms with Gasteiger partial charge in [0, 0.05) is 37.6 Å². The summed E-state index contributed by atoms with van der Waals surface area (Å²) in [7, 11) is 2.11. The van der Waals surface area contributed by atoms with Crippen LogP contribution in [0.4, 0.5) is 16.2 Å². The largest absolute Gasteiger partial charge is 0.372 e. The smallest absolute Gasteiger partial charge is 0.319 e. The predicted octanol–water partition coefficient (Wildman–Crippen LogP) is 4.45. The molecule has 150 valence electrons. The van der Waals surface area contributed by atoms with Crippen LogP contribution in [-0.4, -0.2) is 37.6 Å². The van der Waals surface area contributed by atoms with Gasteiger partial charge in [0.25, 0.3) is 0 Å². The van der Waals surface area contributed by atoms with Gasteiger partial charge in [0.1, 0.15) is 0 Å². The number of nitrogens with one attached hydrogen (secondary N) is 2. The van der Waals surface area contributed by atoms with Gasteiger partial charge in [0.15, 0.2) is 0 Å². The van der Waals surface area contributed by atoms with Crippen molar-refractivity contribution in [3.8, 4) is 0 Å². The molecule has 1 fully saturated rings. The molecule has 0 aromatic heterocycles. The third kappa shape index (κ3) is 5.99. The molecule has 1 heterocycles. The summed E-state index contributed by atoms with van der Waals surface area (Å²) in [6, 6.07) is 16.3. The zero-order valence-corrected chi connectivity index (χ0v) is 17.1. The standard InChI is InChI=1S/C23H32N4O/c1-3-26(2)18-20-9-7-8-19(16-20)17-24-23(28)25-21-10-12-22(13-11-21)27-14-5-4-6-15-27/h7-13,16H,3-6,14-15,17-18H2,1-2H3,(H2,24,25,28). The van der Waals surface area contributed by atoms with Crippen LogP contribution in [0.3, 0.4) is 0 Å². The van der Waals surface area contributed by atoms with Crippen LogP contribution in [0.5, 0.6) is 0 Å². The molecule has 0 radical (unpaired) electrons. The highest BCUT2D eigenvalue weighted by Gasteiger charge is 2.11. The monoisotopic (exact) mass is 380 g/mol. The van der Waals surface area contributed by atoms with E-state index in [1.807, 2.05) is 24.3 Å². The summed E-state index contributed by atoms with van der Waals surface area (Å²) in [5.41, 5.74) is 4.42. The van der Waals surface area contributed by atoms with E-state index in [9.17, 15) is 4.79 Å². The zero-order chi connectivity index (χ0) is 19.8. The Morgan fingerprint density at radius 1 is 1.04 bits per heavy atom. The van der Waals surface area contributed by atoms with Crippen molar-refractivity contribution < 1.29 is 4.79 Å². The highest BCUT2D eigenvalue weighted by atomic mass is 16.2. The molecule has 0 atom stereocenters. The van der Waals surface area contributed by atoms with Crippen LogP contribution in [0.2, 0.25) is 0 Å². The molecule has 2 aromatic carbocycles. The van der Waals surface area contributed by atoms with E-state index in [0.717, 1.165) is 37.4 Å². The summed E-state index contributed by atoms with van der Waals surface area (Å²) in [5, 5.41) is 5.87. The molecule has 5 nitrogen and oxygen atoms in total. The Morgan fingerprint density at radius 2 is 1.75 bits per heavy atom. The molecule has 0 unspecified atom stereocenters. The SMILES string of the molecule is CCN(C)Cc1cccc(CNC(=O)Nc2ccc(N3CCCCC3)cc2)c1. The number of amides is 2. The normalized spacial score (nSPS) is 14.2. The van der Waals surface area contributed by atoms with Crippen molar-refractivity contribution in [1.82, 2.24) is 10.2 Å². The summed E-state index contributed by atoms with van der Waals surface area (Å²) in [6.07, 6.45) is 3.85. The van der Waals surface area contributed by atoms with Gasteiger partial charge in [0.05, 0.1) is 0 Å². The van der Waals surface area contributed by atoms with Gasteiger partial charge in [-0.05, 0) is 68.2 Å². The summed E-state index contributed by atoms with van der Waals surface area (Å²) in [4.78, 5) is 16.9. The minimum absolute atomic E-state index is 0.179. The lowest BCUT2D eigenvalue weighted by Crippen LogP contribution is -2.29. The van der Waals surface area contributed by atoms with E-state index in [1.165, 1.54) is 30.5 Å². The van der Waals surface area contributed by atoms with Crippen LogP contribution in [0, 0.1) is 0 Å². The minimum atomic E-state index is -0.179. The topological polar surface area (TPSA) is 47.6 Å². The molecule has 1 aliphatic rings. The molecular formula is C23H32N4O. The Bertz CT molecular complexity index is 753. The first-order valence-corrected chi connectivity index (χ1v) is 10.3. The van der Waals surface area contributed by atoms with Crippen LogP contribution in [0.1, 0.15) is 37.3 Å². The number of carbonyl (C=O) groups excluding carboxylic acids is 1. The van der Waals surface area contributed by atoms with E-state index in [0.29, 0.717) is 6.54 Å². The summed E-state index contributed by atoms with van der Waals surface area (Å²) in [5.74, 6) is 0. The number of urea groups is 1. The number of benzene rings is 2. The Balaban J connectivity index is 1.48. The average Bonchev–Trinajstić information content (AvgIpc) is 2.73. The first-order valence-electron chi connectivity index (χ1n) is 10.3. The van der Waals surface area contributed by atoms with Gasteiger partial charge < -0.3 is 20.4 Å². The second-order valence-corrected chi connectivity index (χ2v) is 7.55. The number of hydrogen-bond acceptors (Lipinski definition) is 3. The fraction of sp³-hybridized carbons (Fsp3) is 0.435. The molecular weight excluding hydrogens is 348 g/mol. The van der Waals surface area contributed by atoms with E-state index in [1.54, 1.807) is 0 Å². The van der Waals surface area contributed by atoms with Gasteiger partial charge in [-0.25, -0.2) is 4.79 Å². The Morgan fingerprint density at radius 3 is 2.46 bits per heavy atom. The number of anilines is 2. The number of carbonyl (C=O) groups is 1. The summed E-state index contributed by atoms with van der Waals surface area (Å²) in [6.45, 7) is 6.85. The quantitative estimate of drug-likeness (QED) is 0.746. The average molecular weight is 381 g/mol. The van der Waals surface area contributed by atoms with Gasteiger partial charge in [-0.2, -0.15) is 0 Å². The number of nitrogens with zero attached hydrogens (tertiary/aromatic N) is 2. The highest BCUT2D eigenvalue weighted by molar-refractivity contribution is 5.89.